The van der Waals surface area contributed by atoms with Crippen LogP contribution in [0.25, 0.3) is 0 Å². The Morgan fingerprint density at radius 3 is 2.89 bits per heavy atom. The lowest BCUT2D eigenvalue weighted by molar-refractivity contribution is -0.121. The lowest BCUT2D eigenvalue weighted by Crippen LogP contribution is -2.34. The van der Waals surface area contributed by atoms with Crippen LogP contribution in [0.1, 0.15) is 55.0 Å². The van der Waals surface area contributed by atoms with E-state index in [1.807, 2.05) is 11.6 Å². The summed E-state index contributed by atoms with van der Waals surface area (Å²) in [6, 6.07) is 5.08. The Hall–Kier alpha value is -1.66. The fourth-order valence-electron chi connectivity index (χ4n) is 5.36. The molecular weight excluding hydrogens is 397 g/mol. The first kappa shape index (κ1) is 18.4. The highest BCUT2D eigenvalue weighted by Crippen LogP contribution is 2.66. The van der Waals surface area contributed by atoms with Gasteiger partial charge in [-0.05, 0) is 55.2 Å². The van der Waals surface area contributed by atoms with E-state index in [4.69, 9.17) is 23.8 Å². The van der Waals surface area contributed by atoms with Crippen molar-refractivity contribution in [2.24, 2.45) is 7.05 Å². The van der Waals surface area contributed by atoms with Crippen molar-refractivity contribution in [3.05, 3.63) is 50.8 Å². The largest absolute Gasteiger partial charge is 0.353 e. The third-order valence-corrected chi connectivity index (χ3v) is 7.60. The second-order valence-electron chi connectivity index (χ2n) is 8.52. The molecule has 0 saturated heterocycles. The summed E-state index contributed by atoms with van der Waals surface area (Å²) in [4.78, 5) is 12.7. The Balaban J connectivity index is 1.46. The summed E-state index contributed by atoms with van der Waals surface area (Å²) in [6.07, 6.45) is 5.71. The molecule has 2 fully saturated rings. The van der Waals surface area contributed by atoms with E-state index in [2.05, 4.69) is 9.88 Å². The van der Waals surface area contributed by atoms with Crippen LogP contribution in [-0.4, -0.2) is 21.1 Å². The molecule has 2 saturated carbocycles. The number of carbonyl (C=O) groups is 1. The number of nitrogens with one attached hydrogen (secondary N) is 1. The molecule has 1 amide bonds. The van der Waals surface area contributed by atoms with Crippen molar-refractivity contribution >= 4 is 29.7 Å². The van der Waals surface area contributed by atoms with Gasteiger partial charge < -0.3 is 14.5 Å². The fourth-order valence-corrected chi connectivity index (χ4v) is 5.81. The van der Waals surface area contributed by atoms with E-state index < -0.39 is 0 Å². The first-order valence-corrected chi connectivity index (χ1v) is 10.7. The average Bonchev–Trinajstić information content (AvgIpc) is 2.95. The van der Waals surface area contributed by atoms with Gasteiger partial charge in [-0.3, -0.25) is 4.79 Å². The number of fused-ring (bicyclic) bond motifs is 3. The van der Waals surface area contributed by atoms with E-state index in [-0.39, 0.29) is 23.1 Å². The number of carbonyl (C=O) groups excluding carboxylic acids is 1. The van der Waals surface area contributed by atoms with E-state index in [1.54, 1.807) is 12.1 Å². The lowest BCUT2D eigenvalue weighted by atomic mass is 9.93. The standard InChI is InChI=1S/C21H23ClFN3OS/c1-25-17(9-18(27)24-13-4-2-3-5-13)19-15-10-21(15,11-26(19)20(25)28)14-8-12(22)6-7-16(14)23/h6-8,13,15H,2-5,9-11H2,1H3,(H,24,27)/t15-,21+/m0/s1. The number of amides is 1. The van der Waals surface area contributed by atoms with E-state index >= 15 is 0 Å². The SMILES string of the molecule is Cn1c(CC(=O)NC2CCCC2)c2n(c1=S)C[C@@]1(c3cc(Cl)ccc3F)C[C@@H]21. The fraction of sp³-hybridized carbons (Fsp3) is 0.524. The minimum Gasteiger partial charge on any atom is -0.353 e. The normalized spacial score (nSPS) is 25.6. The number of hydrogen-bond acceptors (Lipinski definition) is 2. The summed E-state index contributed by atoms with van der Waals surface area (Å²) in [5, 5.41) is 3.72. The maximum absolute atomic E-state index is 14.6. The number of aromatic nitrogens is 2. The molecule has 0 bridgehead atoms. The van der Waals surface area contributed by atoms with Crippen molar-refractivity contribution in [1.29, 1.82) is 0 Å². The number of nitrogens with zero attached hydrogens (tertiary/aromatic N) is 2. The van der Waals surface area contributed by atoms with Gasteiger partial charge in [-0.15, -0.1) is 0 Å². The summed E-state index contributed by atoms with van der Waals surface area (Å²) in [5.74, 6) is 0.0316. The molecule has 0 spiro atoms. The molecule has 2 aromatic rings. The Labute approximate surface area is 173 Å². The van der Waals surface area contributed by atoms with Crippen LogP contribution in [0.4, 0.5) is 4.39 Å². The Morgan fingerprint density at radius 2 is 2.14 bits per heavy atom. The highest BCUT2D eigenvalue weighted by atomic mass is 35.5. The molecule has 3 aliphatic rings. The summed E-state index contributed by atoms with van der Waals surface area (Å²) >= 11 is 11.8. The van der Waals surface area contributed by atoms with Crippen molar-refractivity contribution in [1.82, 2.24) is 14.5 Å². The molecule has 7 heteroatoms. The third kappa shape index (κ3) is 2.68. The van der Waals surface area contributed by atoms with Gasteiger partial charge in [0.05, 0.1) is 6.42 Å². The molecule has 1 N–H and O–H groups in total. The lowest BCUT2D eigenvalue weighted by Gasteiger charge is -2.15. The van der Waals surface area contributed by atoms with Crippen LogP contribution in [0.3, 0.4) is 0 Å². The molecule has 2 aliphatic carbocycles. The molecule has 1 aromatic carbocycles. The molecule has 1 aromatic heterocycles. The molecule has 1 aliphatic heterocycles. The molecule has 2 atom stereocenters. The van der Waals surface area contributed by atoms with Gasteiger partial charge >= 0.3 is 0 Å². The Morgan fingerprint density at radius 1 is 1.39 bits per heavy atom. The van der Waals surface area contributed by atoms with Crippen LogP contribution in [0.15, 0.2) is 18.2 Å². The van der Waals surface area contributed by atoms with Crippen LogP contribution in [0, 0.1) is 10.6 Å². The maximum atomic E-state index is 14.6. The Kier molecular flexibility index (Phi) is 4.22. The van der Waals surface area contributed by atoms with Crippen LogP contribution < -0.4 is 5.32 Å². The number of hydrogen-bond donors (Lipinski definition) is 1. The van der Waals surface area contributed by atoms with E-state index in [1.165, 1.54) is 18.9 Å². The van der Waals surface area contributed by atoms with E-state index in [0.717, 1.165) is 30.7 Å². The molecule has 5 rings (SSSR count). The van der Waals surface area contributed by atoms with Gasteiger partial charge in [-0.1, -0.05) is 24.4 Å². The minimum absolute atomic E-state index is 0.0537. The summed E-state index contributed by atoms with van der Waals surface area (Å²) in [6.45, 7) is 0.654. The Bertz CT molecular complexity index is 1040. The number of rotatable bonds is 4. The summed E-state index contributed by atoms with van der Waals surface area (Å²) in [5.41, 5.74) is 2.47. The van der Waals surface area contributed by atoms with E-state index in [9.17, 15) is 9.18 Å². The first-order valence-electron chi connectivity index (χ1n) is 9.94. The number of imidazole rings is 1. The van der Waals surface area contributed by atoms with Crippen molar-refractivity contribution in [2.75, 3.05) is 0 Å². The molecule has 148 valence electrons. The van der Waals surface area contributed by atoms with Gasteiger partial charge in [0, 0.05) is 47.4 Å². The summed E-state index contributed by atoms with van der Waals surface area (Å²) < 4.78 is 19.3. The second-order valence-corrected chi connectivity index (χ2v) is 9.32. The third-order valence-electron chi connectivity index (χ3n) is 6.87. The number of halogens is 2. The summed E-state index contributed by atoms with van der Waals surface area (Å²) in [7, 11) is 1.93. The predicted octanol–water partition coefficient (Wildman–Crippen LogP) is 4.39. The predicted molar refractivity (Wildman–Crippen MR) is 109 cm³/mol. The van der Waals surface area contributed by atoms with Crippen LogP contribution >= 0.6 is 23.8 Å². The zero-order chi connectivity index (χ0) is 19.6. The maximum Gasteiger partial charge on any atom is 0.226 e. The topological polar surface area (TPSA) is 39.0 Å². The second kappa shape index (κ2) is 6.42. The van der Waals surface area contributed by atoms with Crippen molar-refractivity contribution in [3.8, 4) is 0 Å². The highest BCUT2D eigenvalue weighted by Gasteiger charge is 2.63. The zero-order valence-corrected chi connectivity index (χ0v) is 17.4. The van der Waals surface area contributed by atoms with Crippen LogP contribution in [0.2, 0.25) is 5.02 Å². The van der Waals surface area contributed by atoms with Gasteiger partial charge in [0.25, 0.3) is 0 Å². The van der Waals surface area contributed by atoms with Crippen LogP contribution in [-0.2, 0) is 30.2 Å². The van der Waals surface area contributed by atoms with E-state index in [0.29, 0.717) is 34.4 Å². The molecule has 0 unspecified atom stereocenters. The van der Waals surface area contributed by atoms with Gasteiger partial charge in [0.1, 0.15) is 5.82 Å². The quantitative estimate of drug-likeness (QED) is 0.746. The molecule has 0 radical (unpaired) electrons. The smallest absolute Gasteiger partial charge is 0.226 e. The monoisotopic (exact) mass is 419 g/mol. The van der Waals surface area contributed by atoms with Crippen molar-refractivity contribution in [3.63, 3.8) is 0 Å². The van der Waals surface area contributed by atoms with Crippen molar-refractivity contribution in [2.45, 2.75) is 62.4 Å². The first-order chi connectivity index (χ1) is 13.4. The minimum atomic E-state index is -0.275. The van der Waals surface area contributed by atoms with Gasteiger partial charge in [-0.25, -0.2) is 4.39 Å². The van der Waals surface area contributed by atoms with Gasteiger partial charge in [0.15, 0.2) is 4.77 Å². The van der Waals surface area contributed by atoms with Crippen LogP contribution in [0.5, 0.6) is 0 Å². The van der Waals surface area contributed by atoms with Gasteiger partial charge in [-0.2, -0.15) is 0 Å². The average molecular weight is 420 g/mol. The number of benzene rings is 1. The van der Waals surface area contributed by atoms with Gasteiger partial charge in [0.2, 0.25) is 5.91 Å². The molecule has 2 heterocycles. The van der Waals surface area contributed by atoms with Crippen molar-refractivity contribution < 1.29 is 9.18 Å². The molecule has 4 nitrogen and oxygen atoms in total. The molecular formula is C21H23ClFN3OS. The molecule has 28 heavy (non-hydrogen) atoms. The highest BCUT2D eigenvalue weighted by molar-refractivity contribution is 7.71. The zero-order valence-electron chi connectivity index (χ0n) is 15.8.